The molecule has 0 spiro atoms. The second-order valence-corrected chi connectivity index (χ2v) is 4.40. The van der Waals surface area contributed by atoms with Crippen LogP contribution in [0.3, 0.4) is 0 Å². The Morgan fingerprint density at radius 3 is 2.50 bits per heavy atom. The predicted octanol–water partition coefficient (Wildman–Crippen LogP) is 4.02. The lowest BCUT2D eigenvalue weighted by Gasteiger charge is -2.10. The molecule has 0 fully saturated rings. The van der Waals surface area contributed by atoms with Crippen molar-refractivity contribution in [2.45, 2.75) is 46.0 Å². The molecule has 0 amide bonds. The molecule has 0 radical (unpaired) electrons. The van der Waals surface area contributed by atoms with Crippen LogP contribution in [0.25, 0.3) is 0 Å². The first-order chi connectivity index (χ1) is 8.77. The molecule has 0 aliphatic rings. The van der Waals surface area contributed by atoms with E-state index in [1.54, 1.807) is 0 Å². The first kappa shape index (κ1) is 14.7. The molecule has 1 aromatic rings. The molecule has 0 aliphatic carbocycles. The molecule has 0 bridgehead atoms. The Morgan fingerprint density at radius 1 is 1.00 bits per heavy atom. The average Bonchev–Trinajstić information content (AvgIpc) is 2.37. The van der Waals surface area contributed by atoms with Gasteiger partial charge in [-0.25, -0.2) is 0 Å². The van der Waals surface area contributed by atoms with Gasteiger partial charge in [0, 0.05) is 6.07 Å². The molecule has 0 atom stereocenters. The van der Waals surface area contributed by atoms with E-state index in [1.165, 1.54) is 25.7 Å². The lowest BCUT2D eigenvalue weighted by atomic mass is 10.2. The third kappa shape index (κ3) is 5.30. The summed E-state index contributed by atoms with van der Waals surface area (Å²) in [7, 11) is 0. The fourth-order valence-corrected chi connectivity index (χ4v) is 1.78. The van der Waals surface area contributed by atoms with E-state index in [-0.39, 0.29) is 0 Å². The first-order valence-electron chi connectivity index (χ1n) is 6.93. The van der Waals surface area contributed by atoms with Crippen molar-refractivity contribution in [3.05, 3.63) is 18.2 Å². The highest BCUT2D eigenvalue weighted by molar-refractivity contribution is 5.55. The summed E-state index contributed by atoms with van der Waals surface area (Å²) >= 11 is 0. The fourth-order valence-electron chi connectivity index (χ4n) is 1.78. The van der Waals surface area contributed by atoms with Crippen LogP contribution < -0.4 is 15.2 Å². The van der Waals surface area contributed by atoms with Crippen molar-refractivity contribution in [3.63, 3.8) is 0 Å². The molecule has 0 aromatic heterocycles. The van der Waals surface area contributed by atoms with E-state index >= 15 is 0 Å². The number of benzene rings is 1. The summed E-state index contributed by atoms with van der Waals surface area (Å²) in [5, 5.41) is 0. The second-order valence-electron chi connectivity index (χ2n) is 4.40. The lowest BCUT2D eigenvalue weighted by molar-refractivity contribution is 0.299. The zero-order valence-corrected chi connectivity index (χ0v) is 11.6. The third-order valence-corrected chi connectivity index (χ3v) is 2.80. The lowest BCUT2D eigenvalue weighted by Crippen LogP contribution is -2.00. The zero-order valence-electron chi connectivity index (χ0n) is 11.6. The Hall–Kier alpha value is -1.38. The van der Waals surface area contributed by atoms with Crippen molar-refractivity contribution in [2.24, 2.45) is 0 Å². The van der Waals surface area contributed by atoms with E-state index in [9.17, 15) is 0 Å². The average molecular weight is 251 g/mol. The van der Waals surface area contributed by atoms with Crippen molar-refractivity contribution in [2.75, 3.05) is 18.9 Å². The van der Waals surface area contributed by atoms with E-state index in [2.05, 4.69) is 6.92 Å². The maximum atomic E-state index is 5.80. The number of rotatable bonds is 9. The van der Waals surface area contributed by atoms with E-state index in [0.29, 0.717) is 18.0 Å². The monoisotopic (exact) mass is 251 g/mol. The van der Waals surface area contributed by atoms with E-state index in [1.807, 2.05) is 25.1 Å². The minimum Gasteiger partial charge on any atom is -0.493 e. The summed E-state index contributed by atoms with van der Waals surface area (Å²) < 4.78 is 11.1. The van der Waals surface area contributed by atoms with Gasteiger partial charge in [-0.3, -0.25) is 0 Å². The normalized spacial score (nSPS) is 10.3. The van der Waals surface area contributed by atoms with E-state index < -0.39 is 0 Å². The van der Waals surface area contributed by atoms with Gasteiger partial charge in [-0.1, -0.05) is 32.6 Å². The van der Waals surface area contributed by atoms with Crippen molar-refractivity contribution < 1.29 is 9.47 Å². The molecule has 2 N–H and O–H groups in total. The van der Waals surface area contributed by atoms with Crippen LogP contribution in [0.2, 0.25) is 0 Å². The Balaban J connectivity index is 2.31. The highest BCUT2D eigenvalue weighted by atomic mass is 16.5. The summed E-state index contributed by atoms with van der Waals surface area (Å²) in [4.78, 5) is 0. The largest absolute Gasteiger partial charge is 0.493 e. The summed E-state index contributed by atoms with van der Waals surface area (Å²) in [5.41, 5.74) is 6.46. The van der Waals surface area contributed by atoms with Crippen molar-refractivity contribution in [3.8, 4) is 11.5 Å². The SMILES string of the molecule is CCCCCCCOc1ccc(N)c(OCC)c1. The summed E-state index contributed by atoms with van der Waals surface area (Å²) in [5.74, 6) is 1.55. The molecule has 0 saturated heterocycles. The molecule has 1 aromatic carbocycles. The molecular weight excluding hydrogens is 226 g/mol. The summed E-state index contributed by atoms with van der Waals surface area (Å²) in [6, 6.07) is 5.59. The second kappa shape index (κ2) is 8.67. The molecule has 102 valence electrons. The van der Waals surface area contributed by atoms with Crippen LogP contribution >= 0.6 is 0 Å². The van der Waals surface area contributed by atoms with Gasteiger partial charge in [-0.2, -0.15) is 0 Å². The molecule has 0 aliphatic heterocycles. The van der Waals surface area contributed by atoms with Crippen LogP contribution in [0.4, 0.5) is 5.69 Å². The fraction of sp³-hybridized carbons (Fsp3) is 0.600. The van der Waals surface area contributed by atoms with Crippen LogP contribution in [-0.4, -0.2) is 13.2 Å². The van der Waals surface area contributed by atoms with E-state index in [0.717, 1.165) is 18.8 Å². The quantitative estimate of drug-likeness (QED) is 0.532. The number of hydrogen-bond acceptors (Lipinski definition) is 3. The Labute approximate surface area is 110 Å². The van der Waals surface area contributed by atoms with Crippen molar-refractivity contribution in [1.82, 2.24) is 0 Å². The van der Waals surface area contributed by atoms with E-state index in [4.69, 9.17) is 15.2 Å². The third-order valence-electron chi connectivity index (χ3n) is 2.80. The summed E-state index contributed by atoms with van der Waals surface area (Å²) in [6.45, 7) is 5.55. The van der Waals surface area contributed by atoms with Gasteiger partial charge in [0.15, 0.2) is 0 Å². The maximum absolute atomic E-state index is 5.80. The van der Waals surface area contributed by atoms with Gasteiger partial charge in [-0.15, -0.1) is 0 Å². The highest BCUT2D eigenvalue weighted by Gasteiger charge is 2.02. The number of nitrogen functional groups attached to an aromatic ring is 1. The number of nitrogens with two attached hydrogens (primary N) is 1. The van der Waals surface area contributed by atoms with Crippen LogP contribution in [0, 0.1) is 0 Å². The van der Waals surface area contributed by atoms with Gasteiger partial charge in [0.1, 0.15) is 11.5 Å². The molecule has 3 nitrogen and oxygen atoms in total. The molecule has 3 heteroatoms. The van der Waals surface area contributed by atoms with Gasteiger partial charge in [0.2, 0.25) is 0 Å². The minimum absolute atomic E-state index is 0.616. The zero-order chi connectivity index (χ0) is 13.2. The number of unbranched alkanes of at least 4 members (excludes halogenated alkanes) is 4. The van der Waals surface area contributed by atoms with Gasteiger partial charge < -0.3 is 15.2 Å². The van der Waals surface area contributed by atoms with Crippen LogP contribution in [-0.2, 0) is 0 Å². The van der Waals surface area contributed by atoms with Crippen molar-refractivity contribution in [1.29, 1.82) is 0 Å². The topological polar surface area (TPSA) is 44.5 Å². The number of hydrogen-bond donors (Lipinski definition) is 1. The standard InChI is InChI=1S/C15H25NO2/c1-3-5-6-7-8-11-18-13-9-10-14(16)15(12-13)17-4-2/h9-10,12H,3-8,11,16H2,1-2H3. The van der Waals surface area contributed by atoms with Crippen LogP contribution in [0.15, 0.2) is 18.2 Å². The molecule has 0 saturated carbocycles. The van der Waals surface area contributed by atoms with Gasteiger partial charge in [0.25, 0.3) is 0 Å². The molecule has 0 heterocycles. The van der Waals surface area contributed by atoms with Crippen molar-refractivity contribution >= 4 is 5.69 Å². The Morgan fingerprint density at radius 2 is 1.78 bits per heavy atom. The molecule has 18 heavy (non-hydrogen) atoms. The Kier molecular flexibility index (Phi) is 7.07. The van der Waals surface area contributed by atoms with Gasteiger partial charge in [-0.05, 0) is 25.5 Å². The molecule has 0 unspecified atom stereocenters. The minimum atomic E-state index is 0.616. The molecular formula is C15H25NO2. The first-order valence-corrected chi connectivity index (χ1v) is 6.93. The predicted molar refractivity (Wildman–Crippen MR) is 76.3 cm³/mol. The van der Waals surface area contributed by atoms with Crippen LogP contribution in [0.1, 0.15) is 46.0 Å². The smallest absolute Gasteiger partial charge is 0.145 e. The summed E-state index contributed by atoms with van der Waals surface area (Å²) in [6.07, 6.45) is 6.23. The van der Waals surface area contributed by atoms with Gasteiger partial charge >= 0.3 is 0 Å². The molecule has 1 rings (SSSR count). The van der Waals surface area contributed by atoms with Gasteiger partial charge in [0.05, 0.1) is 18.9 Å². The number of anilines is 1. The Bertz CT molecular complexity index is 339. The maximum Gasteiger partial charge on any atom is 0.145 e. The number of ether oxygens (including phenoxy) is 2. The van der Waals surface area contributed by atoms with Crippen LogP contribution in [0.5, 0.6) is 11.5 Å². The highest BCUT2D eigenvalue weighted by Crippen LogP contribution is 2.27.